The maximum atomic E-state index is 11.8. The van der Waals surface area contributed by atoms with Crippen LogP contribution >= 0.6 is 0 Å². The molecule has 19 heavy (non-hydrogen) atoms. The lowest BCUT2D eigenvalue weighted by atomic mass is 10.1. The summed E-state index contributed by atoms with van der Waals surface area (Å²) >= 11 is 0. The van der Waals surface area contributed by atoms with Crippen LogP contribution in [0.25, 0.3) is 22.5 Å². The summed E-state index contributed by atoms with van der Waals surface area (Å²) < 4.78 is 0. The van der Waals surface area contributed by atoms with E-state index in [-0.39, 0.29) is 5.56 Å². The standard InChI is InChI=1S/C16H12N2O/c19-16-11-13(14-8-4-5-9-17-14)10-15(18-16)12-6-2-1-3-7-12/h1-11H,(H,18,19). The van der Waals surface area contributed by atoms with Crippen molar-refractivity contribution in [2.24, 2.45) is 0 Å². The number of aromatic amines is 1. The normalized spacial score (nSPS) is 10.3. The Kier molecular flexibility index (Phi) is 2.94. The van der Waals surface area contributed by atoms with Crippen molar-refractivity contribution < 1.29 is 0 Å². The topological polar surface area (TPSA) is 45.8 Å². The Morgan fingerprint density at radius 1 is 0.842 bits per heavy atom. The van der Waals surface area contributed by atoms with Crippen LogP contribution in [0.4, 0.5) is 0 Å². The summed E-state index contributed by atoms with van der Waals surface area (Å²) in [6.07, 6.45) is 1.72. The van der Waals surface area contributed by atoms with E-state index in [0.29, 0.717) is 0 Å². The monoisotopic (exact) mass is 248 g/mol. The van der Waals surface area contributed by atoms with E-state index in [2.05, 4.69) is 9.97 Å². The van der Waals surface area contributed by atoms with Crippen LogP contribution in [0.3, 0.4) is 0 Å². The van der Waals surface area contributed by atoms with Crippen molar-refractivity contribution in [2.45, 2.75) is 0 Å². The van der Waals surface area contributed by atoms with E-state index in [9.17, 15) is 4.79 Å². The molecule has 0 saturated carbocycles. The maximum absolute atomic E-state index is 11.8. The van der Waals surface area contributed by atoms with E-state index in [0.717, 1.165) is 22.5 Å². The maximum Gasteiger partial charge on any atom is 0.249 e. The Morgan fingerprint density at radius 2 is 1.63 bits per heavy atom. The van der Waals surface area contributed by atoms with Crippen LogP contribution in [0.15, 0.2) is 71.7 Å². The van der Waals surface area contributed by atoms with E-state index < -0.39 is 0 Å². The molecule has 0 atom stereocenters. The number of rotatable bonds is 2. The zero-order valence-corrected chi connectivity index (χ0v) is 10.2. The Balaban J connectivity index is 2.15. The zero-order chi connectivity index (χ0) is 13.1. The van der Waals surface area contributed by atoms with Crippen LogP contribution in [0.5, 0.6) is 0 Å². The summed E-state index contributed by atoms with van der Waals surface area (Å²) in [4.78, 5) is 18.9. The van der Waals surface area contributed by atoms with Crippen LogP contribution in [-0.2, 0) is 0 Å². The molecule has 2 heterocycles. The number of H-pyrrole nitrogens is 1. The summed E-state index contributed by atoms with van der Waals surface area (Å²) in [5, 5.41) is 0. The SMILES string of the molecule is O=c1cc(-c2ccccn2)cc(-c2ccccc2)[nH]1. The molecule has 0 fully saturated rings. The number of nitrogens with zero attached hydrogens (tertiary/aromatic N) is 1. The third-order valence-corrected chi connectivity index (χ3v) is 2.89. The van der Waals surface area contributed by atoms with Crippen LogP contribution in [0, 0.1) is 0 Å². The number of nitrogens with one attached hydrogen (secondary N) is 1. The highest BCUT2D eigenvalue weighted by Crippen LogP contribution is 2.21. The number of pyridine rings is 2. The highest BCUT2D eigenvalue weighted by molar-refractivity contribution is 5.67. The predicted octanol–water partition coefficient (Wildman–Crippen LogP) is 3.10. The van der Waals surface area contributed by atoms with Gasteiger partial charge in [-0.05, 0) is 23.8 Å². The van der Waals surface area contributed by atoms with Gasteiger partial charge in [0.25, 0.3) is 0 Å². The summed E-state index contributed by atoms with van der Waals surface area (Å²) in [6, 6.07) is 18.9. The molecular weight excluding hydrogens is 236 g/mol. The van der Waals surface area contributed by atoms with Gasteiger partial charge in [-0.3, -0.25) is 9.78 Å². The van der Waals surface area contributed by atoms with Gasteiger partial charge in [0.1, 0.15) is 0 Å². The largest absolute Gasteiger partial charge is 0.322 e. The summed E-state index contributed by atoms with van der Waals surface area (Å²) in [5.41, 5.74) is 3.28. The minimum atomic E-state index is -0.123. The lowest BCUT2D eigenvalue weighted by molar-refractivity contribution is 1.23. The zero-order valence-electron chi connectivity index (χ0n) is 10.2. The first-order valence-corrected chi connectivity index (χ1v) is 6.04. The van der Waals surface area contributed by atoms with Gasteiger partial charge in [0.05, 0.1) is 5.69 Å². The summed E-state index contributed by atoms with van der Waals surface area (Å²) in [5.74, 6) is 0. The number of hydrogen-bond acceptors (Lipinski definition) is 2. The molecule has 0 saturated heterocycles. The van der Waals surface area contributed by atoms with Crippen LogP contribution in [-0.4, -0.2) is 9.97 Å². The molecular formula is C16H12N2O. The van der Waals surface area contributed by atoms with Crippen LogP contribution in [0.2, 0.25) is 0 Å². The molecule has 2 aromatic heterocycles. The molecule has 3 nitrogen and oxygen atoms in total. The molecule has 3 rings (SSSR count). The molecule has 0 bridgehead atoms. The average Bonchev–Trinajstić information content (AvgIpc) is 2.48. The number of hydrogen-bond donors (Lipinski definition) is 1. The second-order valence-corrected chi connectivity index (χ2v) is 4.23. The molecule has 3 heteroatoms. The molecule has 0 radical (unpaired) electrons. The van der Waals surface area contributed by atoms with Crippen molar-refractivity contribution in [3.8, 4) is 22.5 Å². The fraction of sp³-hybridized carbons (Fsp3) is 0. The van der Waals surface area contributed by atoms with Gasteiger partial charge >= 0.3 is 0 Å². The smallest absolute Gasteiger partial charge is 0.249 e. The van der Waals surface area contributed by atoms with Gasteiger partial charge in [0, 0.05) is 23.5 Å². The molecule has 0 aliphatic heterocycles. The second kappa shape index (κ2) is 4.90. The molecule has 92 valence electrons. The van der Waals surface area contributed by atoms with Crippen molar-refractivity contribution in [3.05, 3.63) is 77.2 Å². The Bertz CT molecular complexity index is 673. The summed E-state index contributed by atoms with van der Waals surface area (Å²) in [7, 11) is 0. The van der Waals surface area contributed by atoms with Crippen LogP contribution in [0.1, 0.15) is 0 Å². The van der Waals surface area contributed by atoms with Gasteiger partial charge in [-0.2, -0.15) is 0 Å². The van der Waals surface area contributed by atoms with Crippen molar-refractivity contribution in [1.29, 1.82) is 0 Å². The van der Waals surface area contributed by atoms with E-state index in [4.69, 9.17) is 0 Å². The fourth-order valence-corrected chi connectivity index (χ4v) is 2.00. The molecule has 1 aromatic carbocycles. The third-order valence-electron chi connectivity index (χ3n) is 2.89. The third kappa shape index (κ3) is 2.45. The van der Waals surface area contributed by atoms with Gasteiger partial charge < -0.3 is 4.98 Å². The average molecular weight is 248 g/mol. The van der Waals surface area contributed by atoms with Gasteiger partial charge in [-0.15, -0.1) is 0 Å². The number of benzene rings is 1. The molecule has 3 aromatic rings. The summed E-state index contributed by atoms with van der Waals surface area (Å²) in [6.45, 7) is 0. The lowest BCUT2D eigenvalue weighted by Crippen LogP contribution is -2.06. The van der Waals surface area contributed by atoms with E-state index >= 15 is 0 Å². The van der Waals surface area contributed by atoms with Gasteiger partial charge in [0.2, 0.25) is 5.56 Å². The Hall–Kier alpha value is -2.68. The van der Waals surface area contributed by atoms with Crippen molar-refractivity contribution in [2.75, 3.05) is 0 Å². The van der Waals surface area contributed by atoms with E-state index in [1.807, 2.05) is 54.6 Å². The molecule has 0 aliphatic carbocycles. The van der Waals surface area contributed by atoms with Crippen molar-refractivity contribution in [1.82, 2.24) is 9.97 Å². The van der Waals surface area contributed by atoms with Crippen molar-refractivity contribution in [3.63, 3.8) is 0 Å². The minimum Gasteiger partial charge on any atom is -0.322 e. The first-order chi connectivity index (χ1) is 9.33. The van der Waals surface area contributed by atoms with E-state index in [1.54, 1.807) is 12.3 Å². The second-order valence-electron chi connectivity index (χ2n) is 4.23. The first kappa shape index (κ1) is 11.4. The molecule has 0 aliphatic rings. The highest BCUT2D eigenvalue weighted by atomic mass is 16.1. The van der Waals surface area contributed by atoms with E-state index in [1.165, 1.54) is 0 Å². The van der Waals surface area contributed by atoms with Gasteiger partial charge in [-0.25, -0.2) is 0 Å². The molecule has 1 N–H and O–H groups in total. The Morgan fingerprint density at radius 3 is 2.37 bits per heavy atom. The predicted molar refractivity (Wildman–Crippen MR) is 75.7 cm³/mol. The molecule has 0 amide bonds. The van der Waals surface area contributed by atoms with Crippen molar-refractivity contribution >= 4 is 0 Å². The number of aromatic nitrogens is 2. The first-order valence-electron chi connectivity index (χ1n) is 6.04. The fourth-order valence-electron chi connectivity index (χ4n) is 2.00. The lowest BCUT2D eigenvalue weighted by Gasteiger charge is -2.05. The van der Waals surface area contributed by atoms with Gasteiger partial charge in [-0.1, -0.05) is 36.4 Å². The minimum absolute atomic E-state index is 0.123. The quantitative estimate of drug-likeness (QED) is 0.757. The van der Waals surface area contributed by atoms with Gasteiger partial charge in [0.15, 0.2) is 0 Å². The van der Waals surface area contributed by atoms with Crippen LogP contribution < -0.4 is 5.56 Å². The molecule has 0 unspecified atom stereocenters. The Labute approximate surface area is 110 Å². The molecule has 0 spiro atoms. The highest BCUT2D eigenvalue weighted by Gasteiger charge is 2.04.